The van der Waals surface area contributed by atoms with E-state index in [4.69, 9.17) is 19.4 Å². The second-order valence-corrected chi connectivity index (χ2v) is 7.47. The van der Waals surface area contributed by atoms with E-state index in [9.17, 15) is 9.59 Å². The molecule has 0 unspecified atom stereocenters. The average Bonchev–Trinajstić information content (AvgIpc) is 2.89. The largest absolute Gasteiger partial charge is 0.462 e. The minimum atomic E-state index is -0.763. The van der Waals surface area contributed by atoms with E-state index < -0.39 is 11.9 Å². The van der Waals surface area contributed by atoms with Crippen molar-refractivity contribution in [3.05, 3.63) is 90.6 Å². The number of aromatic nitrogens is 2. The van der Waals surface area contributed by atoms with Crippen LogP contribution in [0.4, 0.5) is 5.69 Å². The number of esters is 2. The van der Waals surface area contributed by atoms with Crippen molar-refractivity contribution in [2.45, 2.75) is 13.8 Å². The highest BCUT2D eigenvalue weighted by atomic mass is 16.6. The van der Waals surface area contributed by atoms with Crippen molar-refractivity contribution in [3.63, 3.8) is 0 Å². The Kier molecular flexibility index (Phi) is 7.47. The first kappa shape index (κ1) is 23.6. The molecule has 0 saturated heterocycles. The van der Waals surface area contributed by atoms with Crippen LogP contribution in [0.15, 0.2) is 90.6 Å². The fourth-order valence-corrected chi connectivity index (χ4v) is 3.56. The van der Waals surface area contributed by atoms with Gasteiger partial charge in [0.25, 0.3) is 0 Å². The predicted molar refractivity (Wildman–Crippen MR) is 135 cm³/mol. The number of benzene rings is 3. The molecule has 0 aliphatic rings. The number of nitrogens with zero attached hydrogens (tertiary/aromatic N) is 2. The number of hydrogen-bond acceptors (Lipinski definition) is 7. The molecule has 7 nitrogen and oxygen atoms in total. The molecule has 0 bridgehead atoms. The maximum absolute atomic E-state index is 12.3. The second-order valence-electron chi connectivity index (χ2n) is 7.47. The zero-order valence-corrected chi connectivity index (χ0v) is 19.5. The average molecular weight is 468 g/mol. The number of nitrogens with one attached hydrogen (secondary N) is 1. The Morgan fingerprint density at radius 2 is 1.29 bits per heavy atom. The SMILES string of the molecule is CCOC(=O)C(=CNc1cccc2nc(-c3ccccc3)c(-c3ccccc3)nc12)C(=O)OCC. The quantitative estimate of drug-likeness (QED) is 0.161. The van der Waals surface area contributed by atoms with Crippen LogP contribution in [0.25, 0.3) is 33.5 Å². The van der Waals surface area contributed by atoms with Crippen molar-refractivity contribution in [2.24, 2.45) is 0 Å². The number of ether oxygens (including phenoxy) is 2. The van der Waals surface area contributed by atoms with Gasteiger partial charge in [-0.3, -0.25) is 0 Å². The van der Waals surface area contributed by atoms with E-state index in [0.29, 0.717) is 16.7 Å². The Balaban J connectivity index is 1.84. The van der Waals surface area contributed by atoms with Gasteiger partial charge < -0.3 is 14.8 Å². The van der Waals surface area contributed by atoms with Crippen LogP contribution in [0.2, 0.25) is 0 Å². The van der Waals surface area contributed by atoms with Crippen LogP contribution < -0.4 is 5.32 Å². The third-order valence-electron chi connectivity index (χ3n) is 5.15. The van der Waals surface area contributed by atoms with Crippen molar-refractivity contribution >= 4 is 28.7 Å². The molecule has 0 aliphatic carbocycles. The van der Waals surface area contributed by atoms with E-state index in [-0.39, 0.29) is 18.8 Å². The maximum atomic E-state index is 12.3. The molecular formula is C28H25N3O4. The Labute approximate surface area is 203 Å². The third-order valence-corrected chi connectivity index (χ3v) is 5.15. The molecule has 0 saturated carbocycles. The van der Waals surface area contributed by atoms with Crippen LogP contribution >= 0.6 is 0 Å². The predicted octanol–water partition coefficient (Wildman–Crippen LogP) is 5.39. The molecule has 0 atom stereocenters. The number of carbonyl (C=O) groups excluding carboxylic acids is 2. The summed E-state index contributed by atoms with van der Waals surface area (Å²) in [4.78, 5) is 34.6. The van der Waals surface area contributed by atoms with E-state index in [1.165, 1.54) is 6.20 Å². The minimum Gasteiger partial charge on any atom is -0.462 e. The summed E-state index contributed by atoms with van der Waals surface area (Å²) in [6.07, 6.45) is 1.29. The lowest BCUT2D eigenvalue weighted by atomic mass is 10.0. The summed E-state index contributed by atoms with van der Waals surface area (Å²) in [5, 5.41) is 3.04. The highest BCUT2D eigenvalue weighted by molar-refractivity contribution is 6.14. The van der Waals surface area contributed by atoms with Gasteiger partial charge in [0.05, 0.1) is 35.8 Å². The van der Waals surface area contributed by atoms with Crippen molar-refractivity contribution in [3.8, 4) is 22.5 Å². The van der Waals surface area contributed by atoms with Gasteiger partial charge in [0.1, 0.15) is 5.52 Å². The molecule has 1 heterocycles. The Morgan fingerprint density at radius 1 is 0.743 bits per heavy atom. The van der Waals surface area contributed by atoms with Crippen LogP contribution in [0.5, 0.6) is 0 Å². The van der Waals surface area contributed by atoms with E-state index in [2.05, 4.69) is 5.32 Å². The van der Waals surface area contributed by atoms with Crippen molar-refractivity contribution in [1.82, 2.24) is 9.97 Å². The van der Waals surface area contributed by atoms with Gasteiger partial charge in [0, 0.05) is 17.3 Å². The normalized spacial score (nSPS) is 10.5. The highest BCUT2D eigenvalue weighted by Crippen LogP contribution is 2.32. The third kappa shape index (κ3) is 5.35. The summed E-state index contributed by atoms with van der Waals surface area (Å²) < 4.78 is 10.0. The van der Waals surface area contributed by atoms with E-state index in [1.807, 2.05) is 72.8 Å². The Hall–Kier alpha value is -4.52. The molecular weight excluding hydrogens is 442 g/mol. The first-order valence-electron chi connectivity index (χ1n) is 11.3. The summed E-state index contributed by atoms with van der Waals surface area (Å²) in [7, 11) is 0. The van der Waals surface area contributed by atoms with E-state index in [1.54, 1.807) is 19.9 Å². The van der Waals surface area contributed by atoms with Crippen molar-refractivity contribution in [2.75, 3.05) is 18.5 Å². The second kappa shape index (κ2) is 11.1. The lowest BCUT2D eigenvalue weighted by Gasteiger charge is -2.13. The molecule has 0 aliphatic heterocycles. The summed E-state index contributed by atoms with van der Waals surface area (Å²) in [6, 6.07) is 25.2. The monoisotopic (exact) mass is 467 g/mol. The fourth-order valence-electron chi connectivity index (χ4n) is 3.56. The topological polar surface area (TPSA) is 90.4 Å². The summed E-state index contributed by atoms with van der Waals surface area (Å²) >= 11 is 0. The number of rotatable bonds is 8. The van der Waals surface area contributed by atoms with Gasteiger partial charge >= 0.3 is 11.9 Å². The van der Waals surface area contributed by atoms with Gasteiger partial charge in [-0.15, -0.1) is 0 Å². The fraction of sp³-hybridized carbons (Fsp3) is 0.143. The molecule has 0 spiro atoms. The lowest BCUT2D eigenvalue weighted by Crippen LogP contribution is -2.19. The molecule has 1 aromatic heterocycles. The van der Waals surface area contributed by atoms with E-state index >= 15 is 0 Å². The summed E-state index contributed by atoms with van der Waals surface area (Å²) in [6.45, 7) is 3.61. The number of carbonyl (C=O) groups is 2. The minimum absolute atomic E-state index is 0.137. The van der Waals surface area contributed by atoms with Gasteiger partial charge in [-0.2, -0.15) is 0 Å². The number of fused-ring (bicyclic) bond motifs is 1. The maximum Gasteiger partial charge on any atom is 0.347 e. The molecule has 0 fully saturated rings. The highest BCUT2D eigenvalue weighted by Gasteiger charge is 2.21. The molecule has 0 amide bonds. The molecule has 0 radical (unpaired) electrons. The first-order valence-corrected chi connectivity index (χ1v) is 11.3. The number of anilines is 1. The zero-order valence-electron chi connectivity index (χ0n) is 19.5. The first-order chi connectivity index (χ1) is 17.1. The van der Waals surface area contributed by atoms with Crippen LogP contribution in [-0.2, 0) is 19.1 Å². The molecule has 3 aromatic carbocycles. The smallest absolute Gasteiger partial charge is 0.347 e. The molecule has 7 heteroatoms. The van der Waals surface area contributed by atoms with E-state index in [0.717, 1.165) is 22.5 Å². The lowest BCUT2D eigenvalue weighted by molar-refractivity contribution is -0.146. The summed E-state index contributed by atoms with van der Waals surface area (Å²) in [5.74, 6) is -1.53. The van der Waals surface area contributed by atoms with Gasteiger partial charge in [-0.25, -0.2) is 19.6 Å². The van der Waals surface area contributed by atoms with Gasteiger partial charge in [0.2, 0.25) is 0 Å². The van der Waals surface area contributed by atoms with Gasteiger partial charge in [0.15, 0.2) is 5.57 Å². The zero-order chi connectivity index (χ0) is 24.6. The summed E-state index contributed by atoms with van der Waals surface area (Å²) in [5.41, 5.74) is 4.95. The van der Waals surface area contributed by atoms with Crippen molar-refractivity contribution < 1.29 is 19.1 Å². The van der Waals surface area contributed by atoms with Crippen LogP contribution in [0.3, 0.4) is 0 Å². The molecule has 35 heavy (non-hydrogen) atoms. The molecule has 1 N–H and O–H groups in total. The molecule has 4 rings (SSSR count). The standard InChI is InChI=1S/C28H25N3O4/c1-3-34-27(32)21(28(33)35-4-2)18-29-22-16-11-17-23-26(22)31-25(20-14-9-6-10-15-20)24(30-23)19-12-7-5-8-13-19/h5-18,29H,3-4H2,1-2H3. The van der Waals surface area contributed by atoms with Gasteiger partial charge in [-0.1, -0.05) is 66.7 Å². The van der Waals surface area contributed by atoms with Crippen LogP contribution in [0.1, 0.15) is 13.8 Å². The molecule has 4 aromatic rings. The van der Waals surface area contributed by atoms with Gasteiger partial charge in [-0.05, 0) is 26.0 Å². The van der Waals surface area contributed by atoms with Crippen molar-refractivity contribution in [1.29, 1.82) is 0 Å². The Morgan fingerprint density at radius 3 is 1.83 bits per heavy atom. The number of hydrogen-bond donors (Lipinski definition) is 1. The Bertz CT molecular complexity index is 1350. The van der Waals surface area contributed by atoms with Crippen LogP contribution in [-0.4, -0.2) is 35.1 Å². The van der Waals surface area contributed by atoms with Crippen LogP contribution in [0, 0.1) is 0 Å². The molecule has 176 valence electrons. The number of para-hydroxylation sites is 1.